The number of carbonyl (C=O) groups is 2. The Morgan fingerprint density at radius 3 is 2.56 bits per heavy atom. The number of aromatic hydroxyl groups is 1. The molecule has 4 unspecified atom stereocenters. The van der Waals surface area contributed by atoms with Gasteiger partial charge in [0.2, 0.25) is 5.78 Å². The number of methoxy groups -OCH3 is 1. The minimum absolute atomic E-state index is 0.0205. The van der Waals surface area contributed by atoms with Crippen LogP contribution in [-0.4, -0.2) is 82.3 Å². The van der Waals surface area contributed by atoms with Gasteiger partial charge in [-0.15, -0.1) is 0 Å². The molecule has 4 atom stereocenters. The number of aliphatic hydroxyl groups excluding tert-OH is 2. The summed E-state index contributed by atoms with van der Waals surface area (Å²) in [7, 11) is 7.39. The van der Waals surface area contributed by atoms with Gasteiger partial charge in [-0.2, -0.15) is 0 Å². The van der Waals surface area contributed by atoms with Crippen molar-refractivity contribution in [2.45, 2.75) is 69.4 Å². The number of hydrogen-bond donors (Lipinski definition) is 4. The second kappa shape index (κ2) is 10.3. The van der Waals surface area contributed by atoms with Crippen LogP contribution in [0.1, 0.15) is 75.6 Å². The summed E-state index contributed by atoms with van der Waals surface area (Å²) in [4.78, 5) is 29.6. The van der Waals surface area contributed by atoms with Crippen molar-refractivity contribution in [3.05, 3.63) is 63.9 Å². The molecule has 4 N–H and O–H groups in total. The number of carbonyl (C=O) groups excluding carboxylic acids is 2. The Labute approximate surface area is 228 Å². The third kappa shape index (κ3) is 4.70. The Kier molecular flexibility index (Phi) is 7.22. The van der Waals surface area contributed by atoms with E-state index in [1.807, 2.05) is 24.1 Å². The Balaban J connectivity index is 1.63. The zero-order valence-electron chi connectivity index (χ0n) is 22.0. The predicted molar refractivity (Wildman–Crippen MR) is 142 cm³/mol. The Hall–Kier alpha value is -3.34. The van der Waals surface area contributed by atoms with E-state index in [0.717, 1.165) is 6.42 Å². The Morgan fingerprint density at radius 2 is 1.90 bits per heavy atom. The van der Waals surface area contributed by atoms with E-state index < -0.39 is 41.3 Å². The minimum atomic E-state index is -1.63. The molecule has 1 aliphatic heterocycles. The SMILES string of the molecule is [B]C1(O)CCc2c(c(O)c3c(c2OC(O)CC(C(O)CC)N2C=CCC2)C(=O)c2c(OC)cccc2C3=O)C1. The number of phenolic OH excluding ortho intramolecular Hbond substituents is 1. The summed E-state index contributed by atoms with van der Waals surface area (Å²) in [6, 6.07) is 4.18. The molecular formula is C29H32BNO8. The molecule has 0 bridgehead atoms. The second-order valence-electron chi connectivity index (χ2n) is 10.5. The highest BCUT2D eigenvalue weighted by molar-refractivity contribution is 6.31. The standard InChI is InChI=1S/C29H32BNO8/c1-3-19(32)18(31-11-4-5-12-31)13-21(33)39-28-15-9-10-29(30,37)14-17(15)26(35)23-24(28)27(36)22-16(25(23)34)7-6-8-20(22)38-2/h4,6-8,11,18-19,21,32-33,35,37H,3,5,9-10,12-14H2,1-2H3. The van der Waals surface area contributed by atoms with Gasteiger partial charge in [0.25, 0.3) is 0 Å². The number of phenols is 1. The minimum Gasteiger partial charge on any atom is -0.507 e. The molecule has 2 radical (unpaired) electrons. The number of aliphatic hydroxyl groups is 3. The molecule has 5 rings (SSSR count). The maximum absolute atomic E-state index is 14.0. The lowest BCUT2D eigenvalue weighted by atomic mass is 9.67. The van der Waals surface area contributed by atoms with Crippen molar-refractivity contribution in [2.24, 2.45) is 0 Å². The number of ether oxygens (including phenoxy) is 2. The van der Waals surface area contributed by atoms with Crippen molar-refractivity contribution >= 4 is 19.4 Å². The zero-order valence-corrected chi connectivity index (χ0v) is 22.0. The van der Waals surface area contributed by atoms with Gasteiger partial charge >= 0.3 is 0 Å². The van der Waals surface area contributed by atoms with Crippen LogP contribution in [-0.2, 0) is 12.8 Å². The van der Waals surface area contributed by atoms with Crippen molar-refractivity contribution in [3.8, 4) is 17.2 Å². The number of benzene rings is 2. The Bertz CT molecular complexity index is 1350. The normalized spacial score (nSPS) is 22.1. The van der Waals surface area contributed by atoms with E-state index >= 15 is 0 Å². The molecule has 2 aromatic carbocycles. The summed E-state index contributed by atoms with van der Waals surface area (Å²) in [6.07, 6.45) is 3.07. The van der Waals surface area contributed by atoms with E-state index in [4.69, 9.17) is 17.3 Å². The van der Waals surface area contributed by atoms with Gasteiger partial charge in [-0.25, -0.2) is 0 Å². The average Bonchev–Trinajstić information content (AvgIpc) is 3.45. The number of rotatable bonds is 8. The molecule has 0 saturated heterocycles. The third-order valence-corrected chi connectivity index (χ3v) is 7.94. The fraction of sp³-hybridized carbons (Fsp3) is 0.448. The van der Waals surface area contributed by atoms with Gasteiger partial charge in [-0.05, 0) is 44.4 Å². The fourth-order valence-corrected chi connectivity index (χ4v) is 5.92. The molecule has 9 nitrogen and oxygen atoms in total. The van der Waals surface area contributed by atoms with E-state index in [0.29, 0.717) is 18.5 Å². The van der Waals surface area contributed by atoms with E-state index in [1.165, 1.54) is 13.2 Å². The number of hydrogen-bond acceptors (Lipinski definition) is 9. The molecular weight excluding hydrogens is 501 g/mol. The maximum Gasteiger partial charge on any atom is 0.202 e. The fourth-order valence-electron chi connectivity index (χ4n) is 5.92. The lowest BCUT2D eigenvalue weighted by Gasteiger charge is -2.36. The van der Waals surface area contributed by atoms with Gasteiger partial charge in [0.15, 0.2) is 12.1 Å². The number of fused-ring (bicyclic) bond motifs is 3. The van der Waals surface area contributed by atoms with Gasteiger partial charge in [0.1, 0.15) is 25.1 Å². The van der Waals surface area contributed by atoms with Crippen LogP contribution in [0.25, 0.3) is 0 Å². The van der Waals surface area contributed by atoms with Crippen molar-refractivity contribution in [1.82, 2.24) is 4.90 Å². The van der Waals surface area contributed by atoms with Crippen molar-refractivity contribution in [1.29, 1.82) is 0 Å². The molecule has 0 spiro atoms. The van der Waals surface area contributed by atoms with Gasteiger partial charge in [0.05, 0.1) is 35.9 Å². The highest BCUT2D eigenvalue weighted by Gasteiger charge is 2.43. The van der Waals surface area contributed by atoms with Crippen molar-refractivity contribution in [3.63, 3.8) is 0 Å². The summed E-state index contributed by atoms with van der Waals surface area (Å²) in [5.74, 6) is -1.45. The quantitative estimate of drug-likeness (QED) is 0.253. The van der Waals surface area contributed by atoms with E-state index in [2.05, 4.69) is 0 Å². The molecule has 3 aliphatic rings. The lowest BCUT2D eigenvalue weighted by molar-refractivity contribution is -0.0565. The van der Waals surface area contributed by atoms with Crippen LogP contribution in [0.3, 0.4) is 0 Å². The molecule has 2 aromatic rings. The van der Waals surface area contributed by atoms with Crippen LogP contribution < -0.4 is 9.47 Å². The molecule has 1 heterocycles. The first-order valence-corrected chi connectivity index (χ1v) is 13.2. The highest BCUT2D eigenvalue weighted by atomic mass is 16.6. The highest BCUT2D eigenvalue weighted by Crippen LogP contribution is 2.48. The first-order chi connectivity index (χ1) is 18.6. The van der Waals surface area contributed by atoms with Gasteiger partial charge in [0, 0.05) is 35.2 Å². The van der Waals surface area contributed by atoms with Crippen molar-refractivity contribution < 1.29 is 39.5 Å². The van der Waals surface area contributed by atoms with Crippen LogP contribution in [0.15, 0.2) is 30.5 Å². The van der Waals surface area contributed by atoms with Crippen LogP contribution in [0.5, 0.6) is 17.2 Å². The van der Waals surface area contributed by atoms with Gasteiger partial charge < -0.3 is 34.8 Å². The van der Waals surface area contributed by atoms with Crippen LogP contribution >= 0.6 is 0 Å². The van der Waals surface area contributed by atoms with Crippen LogP contribution in [0, 0.1) is 0 Å². The maximum atomic E-state index is 14.0. The molecule has 39 heavy (non-hydrogen) atoms. The van der Waals surface area contributed by atoms with E-state index in [1.54, 1.807) is 12.1 Å². The zero-order chi connectivity index (χ0) is 28.1. The monoisotopic (exact) mass is 533 g/mol. The summed E-state index contributed by atoms with van der Waals surface area (Å²) in [6.45, 7) is 2.54. The molecule has 10 heteroatoms. The molecule has 204 valence electrons. The summed E-state index contributed by atoms with van der Waals surface area (Å²) < 4.78 is 11.4. The molecule has 0 fully saturated rings. The summed E-state index contributed by atoms with van der Waals surface area (Å²) in [5, 5.41) is 43.7. The van der Waals surface area contributed by atoms with Gasteiger partial charge in [-0.3, -0.25) is 9.59 Å². The van der Waals surface area contributed by atoms with Crippen LogP contribution in [0.4, 0.5) is 0 Å². The molecule has 0 aromatic heterocycles. The summed E-state index contributed by atoms with van der Waals surface area (Å²) in [5.41, 5.74) is -1.34. The van der Waals surface area contributed by atoms with Crippen molar-refractivity contribution in [2.75, 3.05) is 13.7 Å². The smallest absolute Gasteiger partial charge is 0.202 e. The number of nitrogens with zero attached hydrogens (tertiary/aromatic N) is 1. The second-order valence-corrected chi connectivity index (χ2v) is 10.5. The topological polar surface area (TPSA) is 137 Å². The average molecular weight is 533 g/mol. The van der Waals surface area contributed by atoms with E-state index in [-0.39, 0.29) is 65.0 Å². The largest absolute Gasteiger partial charge is 0.507 e. The molecule has 2 aliphatic carbocycles. The van der Waals surface area contributed by atoms with E-state index in [9.17, 15) is 30.0 Å². The first kappa shape index (κ1) is 27.2. The summed E-state index contributed by atoms with van der Waals surface area (Å²) >= 11 is 0. The Morgan fingerprint density at radius 1 is 1.13 bits per heavy atom. The molecule has 0 saturated carbocycles. The number of ketones is 2. The lowest BCUT2D eigenvalue weighted by Crippen LogP contribution is -2.43. The predicted octanol–water partition coefficient (Wildman–Crippen LogP) is 1.97. The van der Waals surface area contributed by atoms with Gasteiger partial charge in [-0.1, -0.05) is 25.1 Å². The molecule has 0 amide bonds. The third-order valence-electron chi connectivity index (χ3n) is 7.94. The first-order valence-electron chi connectivity index (χ1n) is 13.2. The van der Waals surface area contributed by atoms with Crippen LogP contribution in [0.2, 0.25) is 0 Å².